The van der Waals surface area contributed by atoms with Gasteiger partial charge in [-0.1, -0.05) is 45.9 Å². The van der Waals surface area contributed by atoms with Crippen molar-refractivity contribution >= 4 is 66.1 Å². The molecule has 0 spiro atoms. The van der Waals surface area contributed by atoms with E-state index in [0.717, 1.165) is 30.6 Å². The highest BCUT2D eigenvalue weighted by atomic mass is 79.9. The zero-order valence-corrected chi connectivity index (χ0v) is 17.6. The largest absolute Gasteiger partial charge is 0.324 e. The van der Waals surface area contributed by atoms with Crippen LogP contribution in [0.1, 0.15) is 12.7 Å². The van der Waals surface area contributed by atoms with Crippen molar-refractivity contribution in [3.8, 4) is 0 Å². The maximum atomic E-state index is 12.6. The van der Waals surface area contributed by atoms with E-state index in [0.29, 0.717) is 5.82 Å². The molecule has 7 heteroatoms. The minimum atomic E-state index is -0.298. The number of carbonyl (C=O) groups is 1. The van der Waals surface area contributed by atoms with Gasteiger partial charge in [0.1, 0.15) is 10.9 Å². The zero-order valence-electron chi connectivity index (χ0n) is 13.6. The van der Waals surface area contributed by atoms with Crippen LogP contribution in [-0.4, -0.2) is 21.1 Å². The van der Waals surface area contributed by atoms with Gasteiger partial charge in [-0.05, 0) is 54.0 Å². The van der Waals surface area contributed by atoms with Crippen LogP contribution in [0.15, 0.2) is 56.4 Å². The molecule has 0 radical (unpaired) electrons. The standard InChI is InChI=1S/C18H15Br2N3OS/c1-10(17(24)23-16-8-7-12(19)9-14(16)20)25-18-13-5-3-4-6-15(13)21-11(2)22-18/h3-10H,1-2H3,(H,23,24). The number of thioether (sulfide) groups is 1. The summed E-state index contributed by atoms with van der Waals surface area (Å²) < 4.78 is 1.78. The third kappa shape index (κ3) is 4.40. The molecule has 1 atom stereocenters. The first kappa shape index (κ1) is 18.4. The van der Waals surface area contributed by atoms with Crippen LogP contribution in [0.2, 0.25) is 0 Å². The van der Waals surface area contributed by atoms with Crippen molar-refractivity contribution in [3.63, 3.8) is 0 Å². The second kappa shape index (κ2) is 7.85. The summed E-state index contributed by atoms with van der Waals surface area (Å²) in [6, 6.07) is 13.5. The summed E-state index contributed by atoms with van der Waals surface area (Å²) in [6.45, 7) is 3.74. The van der Waals surface area contributed by atoms with Gasteiger partial charge in [-0.2, -0.15) is 0 Å². The van der Waals surface area contributed by atoms with E-state index in [2.05, 4.69) is 47.1 Å². The van der Waals surface area contributed by atoms with Gasteiger partial charge in [-0.25, -0.2) is 9.97 Å². The number of para-hydroxylation sites is 1. The highest BCUT2D eigenvalue weighted by Crippen LogP contribution is 2.30. The molecule has 0 aliphatic rings. The van der Waals surface area contributed by atoms with Gasteiger partial charge in [0.2, 0.25) is 5.91 Å². The molecule has 25 heavy (non-hydrogen) atoms. The monoisotopic (exact) mass is 479 g/mol. The van der Waals surface area contributed by atoms with E-state index in [1.807, 2.05) is 56.3 Å². The van der Waals surface area contributed by atoms with Crippen LogP contribution in [0.4, 0.5) is 5.69 Å². The summed E-state index contributed by atoms with van der Waals surface area (Å²) in [7, 11) is 0. The molecule has 128 valence electrons. The minimum Gasteiger partial charge on any atom is -0.324 e. The number of rotatable bonds is 4. The fourth-order valence-electron chi connectivity index (χ4n) is 2.29. The topological polar surface area (TPSA) is 54.9 Å². The van der Waals surface area contributed by atoms with E-state index < -0.39 is 0 Å². The maximum absolute atomic E-state index is 12.6. The minimum absolute atomic E-state index is 0.0756. The average Bonchev–Trinajstić information content (AvgIpc) is 2.57. The third-order valence-corrected chi connectivity index (χ3v) is 5.78. The Balaban J connectivity index is 1.80. The lowest BCUT2D eigenvalue weighted by atomic mass is 10.2. The molecule has 0 aliphatic heterocycles. The van der Waals surface area contributed by atoms with E-state index in [1.54, 1.807) is 0 Å². The van der Waals surface area contributed by atoms with Crippen LogP contribution in [0, 0.1) is 6.92 Å². The smallest absolute Gasteiger partial charge is 0.237 e. The Hall–Kier alpha value is -1.44. The number of halogens is 2. The summed E-state index contributed by atoms with van der Waals surface area (Å²) in [6.07, 6.45) is 0. The SMILES string of the molecule is Cc1nc(SC(C)C(=O)Nc2ccc(Br)cc2Br)c2ccccc2n1. The van der Waals surface area contributed by atoms with E-state index in [4.69, 9.17) is 0 Å². The second-order valence-electron chi connectivity index (χ2n) is 5.47. The normalized spacial score (nSPS) is 12.2. The summed E-state index contributed by atoms with van der Waals surface area (Å²) in [5.74, 6) is 0.623. The lowest BCUT2D eigenvalue weighted by Crippen LogP contribution is -2.22. The molecule has 3 rings (SSSR count). The second-order valence-corrected chi connectivity index (χ2v) is 8.57. The molecule has 0 bridgehead atoms. The zero-order chi connectivity index (χ0) is 18.0. The predicted molar refractivity (Wildman–Crippen MR) is 110 cm³/mol. The Morgan fingerprint density at radius 2 is 1.92 bits per heavy atom. The molecule has 1 amide bonds. The molecule has 0 fully saturated rings. The Kier molecular flexibility index (Phi) is 5.76. The number of hydrogen-bond acceptors (Lipinski definition) is 4. The van der Waals surface area contributed by atoms with Gasteiger partial charge in [-0.3, -0.25) is 4.79 Å². The highest BCUT2D eigenvalue weighted by molar-refractivity contribution is 9.11. The number of aromatic nitrogens is 2. The van der Waals surface area contributed by atoms with Gasteiger partial charge in [0.25, 0.3) is 0 Å². The summed E-state index contributed by atoms with van der Waals surface area (Å²) >= 11 is 8.30. The molecule has 1 unspecified atom stereocenters. The van der Waals surface area contributed by atoms with Crippen molar-refractivity contribution in [2.75, 3.05) is 5.32 Å². The molecule has 1 heterocycles. The molecular formula is C18H15Br2N3OS. The van der Waals surface area contributed by atoms with Crippen molar-refractivity contribution in [2.24, 2.45) is 0 Å². The quantitative estimate of drug-likeness (QED) is 0.391. The number of nitrogens with one attached hydrogen (secondary N) is 1. The summed E-state index contributed by atoms with van der Waals surface area (Å²) in [4.78, 5) is 21.5. The van der Waals surface area contributed by atoms with Crippen LogP contribution in [0.25, 0.3) is 10.9 Å². The van der Waals surface area contributed by atoms with Gasteiger partial charge >= 0.3 is 0 Å². The van der Waals surface area contributed by atoms with E-state index >= 15 is 0 Å². The molecular weight excluding hydrogens is 466 g/mol. The number of hydrogen-bond donors (Lipinski definition) is 1. The van der Waals surface area contributed by atoms with E-state index in [1.165, 1.54) is 11.8 Å². The van der Waals surface area contributed by atoms with Crippen LogP contribution >= 0.6 is 43.6 Å². The van der Waals surface area contributed by atoms with Gasteiger partial charge in [0, 0.05) is 14.3 Å². The Morgan fingerprint density at radius 3 is 2.68 bits per heavy atom. The van der Waals surface area contributed by atoms with Gasteiger partial charge in [-0.15, -0.1) is 0 Å². The first-order valence-corrected chi connectivity index (χ1v) is 10.1. The molecule has 0 saturated carbocycles. The summed E-state index contributed by atoms with van der Waals surface area (Å²) in [5.41, 5.74) is 1.63. The third-order valence-electron chi connectivity index (χ3n) is 3.53. The lowest BCUT2D eigenvalue weighted by Gasteiger charge is -2.14. The van der Waals surface area contributed by atoms with Crippen molar-refractivity contribution in [2.45, 2.75) is 24.1 Å². The molecule has 0 aliphatic carbocycles. The number of benzene rings is 2. The Labute approximate surface area is 167 Å². The van der Waals surface area contributed by atoms with Crippen LogP contribution < -0.4 is 5.32 Å². The molecule has 2 aromatic carbocycles. The van der Waals surface area contributed by atoms with Gasteiger partial charge in [0.05, 0.1) is 16.5 Å². The predicted octanol–water partition coefficient (Wildman–Crippen LogP) is 5.58. The van der Waals surface area contributed by atoms with Crippen molar-refractivity contribution in [1.29, 1.82) is 0 Å². The number of anilines is 1. The molecule has 1 N–H and O–H groups in total. The molecule has 4 nitrogen and oxygen atoms in total. The van der Waals surface area contributed by atoms with Crippen molar-refractivity contribution < 1.29 is 4.79 Å². The number of amides is 1. The molecule has 1 aromatic heterocycles. The molecule has 3 aromatic rings. The van der Waals surface area contributed by atoms with Crippen molar-refractivity contribution in [1.82, 2.24) is 9.97 Å². The van der Waals surface area contributed by atoms with E-state index in [9.17, 15) is 4.79 Å². The van der Waals surface area contributed by atoms with Gasteiger partial charge in [0.15, 0.2) is 0 Å². The first-order valence-electron chi connectivity index (χ1n) is 7.60. The Bertz CT molecular complexity index is 949. The Morgan fingerprint density at radius 1 is 1.16 bits per heavy atom. The number of fused-ring (bicyclic) bond motifs is 1. The molecule has 0 saturated heterocycles. The highest BCUT2D eigenvalue weighted by Gasteiger charge is 2.18. The number of nitrogens with zero attached hydrogens (tertiary/aromatic N) is 2. The van der Waals surface area contributed by atoms with Crippen LogP contribution in [0.5, 0.6) is 0 Å². The average molecular weight is 481 g/mol. The van der Waals surface area contributed by atoms with E-state index in [-0.39, 0.29) is 11.2 Å². The fraction of sp³-hybridized carbons (Fsp3) is 0.167. The number of aryl methyl sites for hydroxylation is 1. The number of carbonyl (C=O) groups excluding carboxylic acids is 1. The van der Waals surface area contributed by atoms with Crippen LogP contribution in [-0.2, 0) is 4.79 Å². The summed E-state index contributed by atoms with van der Waals surface area (Å²) in [5, 5.41) is 4.43. The fourth-order valence-corrected chi connectivity index (χ4v) is 4.43. The van der Waals surface area contributed by atoms with Crippen LogP contribution in [0.3, 0.4) is 0 Å². The first-order chi connectivity index (χ1) is 11.9. The lowest BCUT2D eigenvalue weighted by molar-refractivity contribution is -0.115. The van der Waals surface area contributed by atoms with Crippen molar-refractivity contribution in [3.05, 3.63) is 57.2 Å². The van der Waals surface area contributed by atoms with Gasteiger partial charge < -0.3 is 5.32 Å². The maximum Gasteiger partial charge on any atom is 0.237 e.